The minimum atomic E-state index is -0.198. The number of carbonyl (C=O) groups is 1. The fourth-order valence-electron chi connectivity index (χ4n) is 4.26. The molecule has 2 fully saturated rings. The van der Waals surface area contributed by atoms with Crippen LogP contribution in [0.15, 0.2) is 36.7 Å². The molecule has 7 heteroatoms. The molecule has 1 aromatic heterocycles. The van der Waals surface area contributed by atoms with E-state index in [-0.39, 0.29) is 11.7 Å². The molecule has 2 aliphatic heterocycles. The molecule has 0 radical (unpaired) electrons. The van der Waals surface area contributed by atoms with Crippen LogP contribution < -0.4 is 4.90 Å². The summed E-state index contributed by atoms with van der Waals surface area (Å²) in [6.07, 6.45) is 6.12. The van der Waals surface area contributed by atoms with Crippen molar-refractivity contribution in [2.75, 3.05) is 44.2 Å². The molecule has 3 heterocycles. The van der Waals surface area contributed by atoms with Crippen LogP contribution in [0.3, 0.4) is 0 Å². The Balaban J connectivity index is 1.34. The molecule has 0 spiro atoms. The molecule has 1 unspecified atom stereocenters. The molecular formula is C22H28FN5O. The molecule has 2 aliphatic rings. The molecule has 154 valence electrons. The van der Waals surface area contributed by atoms with Gasteiger partial charge in [0.05, 0.1) is 5.56 Å². The Morgan fingerprint density at radius 3 is 2.55 bits per heavy atom. The molecule has 0 saturated carbocycles. The first-order valence-corrected chi connectivity index (χ1v) is 10.5. The van der Waals surface area contributed by atoms with Crippen LogP contribution >= 0.6 is 0 Å². The van der Waals surface area contributed by atoms with Gasteiger partial charge in [0.1, 0.15) is 11.6 Å². The molecule has 0 N–H and O–H groups in total. The molecular weight excluding hydrogens is 369 g/mol. The summed E-state index contributed by atoms with van der Waals surface area (Å²) in [5, 5.41) is 0. The number of hydrogen-bond acceptors (Lipinski definition) is 5. The van der Waals surface area contributed by atoms with Crippen LogP contribution in [-0.4, -0.2) is 71.0 Å². The molecule has 1 atom stereocenters. The lowest BCUT2D eigenvalue weighted by Crippen LogP contribution is -2.41. The first-order chi connectivity index (χ1) is 14.1. The summed E-state index contributed by atoms with van der Waals surface area (Å²) in [4.78, 5) is 28.1. The Morgan fingerprint density at radius 2 is 1.83 bits per heavy atom. The second-order valence-corrected chi connectivity index (χ2v) is 7.79. The zero-order chi connectivity index (χ0) is 20.2. The van der Waals surface area contributed by atoms with E-state index in [9.17, 15) is 9.18 Å². The van der Waals surface area contributed by atoms with Crippen molar-refractivity contribution in [1.29, 1.82) is 0 Å². The quantitative estimate of drug-likeness (QED) is 0.794. The number of benzene rings is 1. The molecule has 2 saturated heterocycles. The van der Waals surface area contributed by atoms with Crippen LogP contribution in [0.4, 0.5) is 10.1 Å². The van der Waals surface area contributed by atoms with E-state index in [0.29, 0.717) is 11.6 Å². The highest BCUT2D eigenvalue weighted by molar-refractivity contribution is 5.93. The third-order valence-electron chi connectivity index (χ3n) is 5.96. The Bertz CT molecular complexity index is 826. The van der Waals surface area contributed by atoms with Gasteiger partial charge >= 0.3 is 0 Å². The van der Waals surface area contributed by atoms with Crippen LogP contribution in [0.5, 0.6) is 0 Å². The minimum Gasteiger partial charge on any atom is -0.370 e. The van der Waals surface area contributed by atoms with E-state index in [0.717, 1.165) is 70.0 Å². The van der Waals surface area contributed by atoms with E-state index >= 15 is 0 Å². The SMILES string of the molecule is CCc1ncc(C(=O)N2CCCN(C3CCN(c4ccc(F)cc4)C3)CC2)cn1. The van der Waals surface area contributed by atoms with Gasteiger partial charge in [0.2, 0.25) is 0 Å². The molecule has 0 bridgehead atoms. The van der Waals surface area contributed by atoms with Crippen LogP contribution in [0.1, 0.15) is 35.9 Å². The van der Waals surface area contributed by atoms with Gasteiger partial charge in [0, 0.05) is 69.8 Å². The summed E-state index contributed by atoms with van der Waals surface area (Å²) in [5.74, 6) is 0.584. The number of aryl methyl sites for hydroxylation is 1. The largest absolute Gasteiger partial charge is 0.370 e. The monoisotopic (exact) mass is 397 g/mol. The van der Waals surface area contributed by atoms with E-state index in [1.54, 1.807) is 12.4 Å². The predicted octanol–water partition coefficient (Wildman–Crippen LogP) is 2.60. The van der Waals surface area contributed by atoms with Crippen molar-refractivity contribution in [1.82, 2.24) is 19.8 Å². The number of rotatable bonds is 4. The van der Waals surface area contributed by atoms with Gasteiger partial charge in [-0.25, -0.2) is 14.4 Å². The molecule has 1 amide bonds. The molecule has 0 aliphatic carbocycles. The zero-order valence-electron chi connectivity index (χ0n) is 16.9. The Morgan fingerprint density at radius 1 is 1.07 bits per heavy atom. The normalized spacial score (nSPS) is 20.7. The van der Waals surface area contributed by atoms with Crippen molar-refractivity contribution >= 4 is 11.6 Å². The maximum absolute atomic E-state index is 13.2. The first-order valence-electron chi connectivity index (χ1n) is 10.5. The number of carbonyl (C=O) groups excluding carboxylic acids is 1. The fourth-order valence-corrected chi connectivity index (χ4v) is 4.26. The topological polar surface area (TPSA) is 52.6 Å². The Labute approximate surface area is 171 Å². The van der Waals surface area contributed by atoms with Crippen molar-refractivity contribution in [2.24, 2.45) is 0 Å². The standard InChI is InChI=1S/C22H28FN5O/c1-2-21-24-14-17(15-25-21)22(29)27-10-3-9-26(12-13-27)20-8-11-28(16-20)19-6-4-18(23)5-7-19/h4-7,14-15,20H,2-3,8-13,16H2,1H3. The van der Waals surface area contributed by atoms with Crippen molar-refractivity contribution in [3.8, 4) is 0 Å². The van der Waals surface area contributed by atoms with E-state index in [2.05, 4.69) is 19.8 Å². The molecule has 29 heavy (non-hydrogen) atoms. The van der Waals surface area contributed by atoms with E-state index in [1.165, 1.54) is 12.1 Å². The third-order valence-corrected chi connectivity index (χ3v) is 5.96. The van der Waals surface area contributed by atoms with Gasteiger partial charge in [-0.15, -0.1) is 0 Å². The average Bonchev–Trinajstić information content (AvgIpc) is 3.12. The zero-order valence-corrected chi connectivity index (χ0v) is 16.9. The maximum Gasteiger partial charge on any atom is 0.257 e. The molecule has 6 nitrogen and oxygen atoms in total. The van der Waals surface area contributed by atoms with Gasteiger partial charge in [-0.1, -0.05) is 6.92 Å². The van der Waals surface area contributed by atoms with Gasteiger partial charge in [-0.3, -0.25) is 9.69 Å². The van der Waals surface area contributed by atoms with E-state index in [4.69, 9.17) is 0 Å². The van der Waals surface area contributed by atoms with E-state index < -0.39 is 0 Å². The third kappa shape index (κ3) is 4.56. The number of hydrogen-bond donors (Lipinski definition) is 0. The maximum atomic E-state index is 13.2. The highest BCUT2D eigenvalue weighted by atomic mass is 19.1. The summed E-state index contributed by atoms with van der Waals surface area (Å²) < 4.78 is 13.2. The van der Waals surface area contributed by atoms with Gasteiger partial charge in [-0.05, 0) is 37.1 Å². The summed E-state index contributed by atoms with van der Waals surface area (Å²) >= 11 is 0. The highest BCUT2D eigenvalue weighted by Gasteiger charge is 2.30. The number of aromatic nitrogens is 2. The van der Waals surface area contributed by atoms with Crippen molar-refractivity contribution in [3.05, 3.63) is 53.9 Å². The first kappa shape index (κ1) is 19.8. The van der Waals surface area contributed by atoms with Gasteiger partial charge in [0.15, 0.2) is 0 Å². The van der Waals surface area contributed by atoms with Gasteiger partial charge in [0.25, 0.3) is 5.91 Å². The van der Waals surface area contributed by atoms with Crippen molar-refractivity contribution < 1.29 is 9.18 Å². The molecule has 1 aromatic carbocycles. The predicted molar refractivity (Wildman–Crippen MR) is 111 cm³/mol. The van der Waals surface area contributed by atoms with E-state index in [1.807, 2.05) is 24.0 Å². The van der Waals surface area contributed by atoms with Crippen molar-refractivity contribution in [2.45, 2.75) is 32.2 Å². The smallest absolute Gasteiger partial charge is 0.257 e. The fraction of sp³-hybridized carbons (Fsp3) is 0.500. The minimum absolute atomic E-state index is 0.0221. The lowest BCUT2D eigenvalue weighted by Gasteiger charge is -2.28. The summed E-state index contributed by atoms with van der Waals surface area (Å²) in [6, 6.07) is 7.23. The van der Waals surface area contributed by atoms with Crippen LogP contribution in [-0.2, 0) is 6.42 Å². The van der Waals surface area contributed by atoms with Crippen molar-refractivity contribution in [3.63, 3.8) is 0 Å². The lowest BCUT2D eigenvalue weighted by molar-refractivity contribution is 0.0758. The summed E-state index contributed by atoms with van der Waals surface area (Å²) in [5.41, 5.74) is 1.65. The molecule has 2 aromatic rings. The highest BCUT2D eigenvalue weighted by Crippen LogP contribution is 2.24. The summed E-state index contributed by atoms with van der Waals surface area (Å²) in [6.45, 7) is 7.29. The Kier molecular flexibility index (Phi) is 6.04. The van der Waals surface area contributed by atoms with Gasteiger partial charge < -0.3 is 9.80 Å². The second kappa shape index (κ2) is 8.86. The molecule has 4 rings (SSSR count). The van der Waals surface area contributed by atoms with Crippen LogP contribution in [0.2, 0.25) is 0 Å². The average molecular weight is 397 g/mol. The number of anilines is 1. The van der Waals surface area contributed by atoms with Crippen LogP contribution in [0, 0.1) is 5.82 Å². The Hall–Kier alpha value is -2.54. The number of amides is 1. The summed E-state index contributed by atoms with van der Waals surface area (Å²) in [7, 11) is 0. The number of nitrogens with zero attached hydrogens (tertiary/aromatic N) is 5. The van der Waals surface area contributed by atoms with Gasteiger partial charge in [-0.2, -0.15) is 0 Å². The second-order valence-electron chi connectivity index (χ2n) is 7.79. The number of halogens is 1. The van der Waals surface area contributed by atoms with Crippen LogP contribution in [0.25, 0.3) is 0 Å². The lowest BCUT2D eigenvalue weighted by atomic mass is 10.2.